The molecule has 5 rings (SSSR count). The van der Waals surface area contributed by atoms with E-state index in [4.69, 9.17) is 24.7 Å². The van der Waals surface area contributed by atoms with E-state index < -0.39 is 11.9 Å². The Balaban J connectivity index is 1.44. The van der Waals surface area contributed by atoms with Crippen LogP contribution in [0.2, 0.25) is 0 Å². The van der Waals surface area contributed by atoms with Crippen LogP contribution in [0.15, 0.2) is 102 Å². The Morgan fingerprint density at radius 3 is 2.54 bits per heavy atom. The molecule has 0 spiro atoms. The number of rotatable bonds is 7. The van der Waals surface area contributed by atoms with E-state index in [1.54, 1.807) is 43.5 Å². The molecular formula is C32H26N2O5. The lowest BCUT2D eigenvalue weighted by molar-refractivity contribution is 0.0734. The highest BCUT2D eigenvalue weighted by molar-refractivity contribution is 5.91. The normalized spacial score (nSPS) is 14.0. The zero-order chi connectivity index (χ0) is 27.4. The zero-order valence-corrected chi connectivity index (χ0v) is 21.5. The van der Waals surface area contributed by atoms with E-state index in [1.165, 1.54) is 0 Å². The number of carbonyl (C=O) groups is 1. The number of carbonyl (C=O) groups excluding carboxylic acids is 1. The predicted octanol–water partition coefficient (Wildman–Crippen LogP) is 6.02. The van der Waals surface area contributed by atoms with Crippen LogP contribution in [0.4, 0.5) is 0 Å². The van der Waals surface area contributed by atoms with Crippen molar-refractivity contribution >= 4 is 5.97 Å². The van der Waals surface area contributed by atoms with E-state index in [2.05, 4.69) is 6.07 Å². The Labute approximate surface area is 226 Å². The molecule has 0 aromatic heterocycles. The molecule has 0 fully saturated rings. The summed E-state index contributed by atoms with van der Waals surface area (Å²) in [6.07, 6.45) is 0. The minimum absolute atomic E-state index is 0.0134. The van der Waals surface area contributed by atoms with Gasteiger partial charge in [-0.25, -0.2) is 4.79 Å². The van der Waals surface area contributed by atoms with Crippen LogP contribution in [0.1, 0.15) is 38.5 Å². The van der Waals surface area contributed by atoms with Crippen LogP contribution in [0.3, 0.4) is 0 Å². The second-order valence-corrected chi connectivity index (χ2v) is 9.07. The largest absolute Gasteiger partial charge is 0.493 e. The van der Waals surface area contributed by atoms with Gasteiger partial charge in [-0.3, -0.25) is 0 Å². The van der Waals surface area contributed by atoms with Gasteiger partial charge < -0.3 is 24.7 Å². The molecule has 39 heavy (non-hydrogen) atoms. The molecule has 1 unspecified atom stereocenters. The van der Waals surface area contributed by atoms with Gasteiger partial charge in [-0.1, -0.05) is 60.2 Å². The van der Waals surface area contributed by atoms with Crippen molar-refractivity contribution in [3.63, 3.8) is 0 Å². The Hall–Kier alpha value is -5.22. The van der Waals surface area contributed by atoms with Gasteiger partial charge in [0.25, 0.3) is 0 Å². The summed E-state index contributed by atoms with van der Waals surface area (Å²) in [7, 11) is 1.57. The fraction of sp³-hybridized carbons (Fsp3) is 0.125. The number of nitrogens with two attached hydrogens (primary N) is 1. The molecular weight excluding hydrogens is 492 g/mol. The van der Waals surface area contributed by atoms with Gasteiger partial charge in [-0.2, -0.15) is 5.26 Å². The molecule has 0 saturated carbocycles. The number of methoxy groups -OCH3 is 1. The van der Waals surface area contributed by atoms with Crippen molar-refractivity contribution in [1.82, 2.24) is 0 Å². The molecule has 4 aromatic carbocycles. The smallest absolute Gasteiger partial charge is 0.343 e. The van der Waals surface area contributed by atoms with Crippen LogP contribution in [0, 0.1) is 18.3 Å². The van der Waals surface area contributed by atoms with Gasteiger partial charge in [-0.15, -0.1) is 0 Å². The maximum Gasteiger partial charge on any atom is 0.343 e. The maximum absolute atomic E-state index is 12.7. The second-order valence-electron chi connectivity index (χ2n) is 9.07. The number of fused-ring (bicyclic) bond motifs is 1. The fourth-order valence-corrected chi connectivity index (χ4v) is 4.50. The maximum atomic E-state index is 12.7. The first-order valence-electron chi connectivity index (χ1n) is 12.3. The molecule has 1 aliphatic heterocycles. The van der Waals surface area contributed by atoms with Gasteiger partial charge in [0.15, 0.2) is 11.5 Å². The summed E-state index contributed by atoms with van der Waals surface area (Å²) in [6, 6.07) is 29.7. The third kappa shape index (κ3) is 5.41. The first-order chi connectivity index (χ1) is 19.0. The topological polar surface area (TPSA) is 104 Å². The van der Waals surface area contributed by atoms with Gasteiger partial charge in [0.05, 0.1) is 18.6 Å². The van der Waals surface area contributed by atoms with Crippen molar-refractivity contribution in [1.29, 1.82) is 5.26 Å². The first-order valence-corrected chi connectivity index (χ1v) is 12.3. The summed E-state index contributed by atoms with van der Waals surface area (Å²) in [4.78, 5) is 12.7. The molecule has 1 atom stereocenters. The van der Waals surface area contributed by atoms with Crippen molar-refractivity contribution in [2.24, 2.45) is 5.73 Å². The molecule has 7 nitrogen and oxygen atoms in total. The number of ether oxygens (including phenoxy) is 4. The van der Waals surface area contributed by atoms with E-state index in [-0.39, 0.29) is 11.5 Å². The Morgan fingerprint density at radius 1 is 0.974 bits per heavy atom. The third-order valence-electron chi connectivity index (χ3n) is 6.41. The third-order valence-corrected chi connectivity index (χ3v) is 6.41. The number of nitriles is 1. The average Bonchev–Trinajstić information content (AvgIpc) is 2.95. The molecule has 0 amide bonds. The average molecular weight is 519 g/mol. The highest BCUT2D eigenvalue weighted by Crippen LogP contribution is 2.45. The lowest BCUT2D eigenvalue weighted by Crippen LogP contribution is -2.21. The molecule has 2 N–H and O–H groups in total. The highest BCUT2D eigenvalue weighted by atomic mass is 16.5. The van der Waals surface area contributed by atoms with E-state index in [9.17, 15) is 10.1 Å². The summed E-state index contributed by atoms with van der Waals surface area (Å²) < 4.78 is 23.0. The van der Waals surface area contributed by atoms with E-state index in [1.807, 2.05) is 61.5 Å². The fourth-order valence-electron chi connectivity index (χ4n) is 4.50. The molecule has 0 bridgehead atoms. The molecule has 0 radical (unpaired) electrons. The first kappa shape index (κ1) is 25.4. The van der Waals surface area contributed by atoms with Crippen LogP contribution in [0.5, 0.6) is 23.0 Å². The molecule has 1 heterocycles. The summed E-state index contributed by atoms with van der Waals surface area (Å²) >= 11 is 0. The van der Waals surface area contributed by atoms with Crippen LogP contribution in [0.25, 0.3) is 0 Å². The summed E-state index contributed by atoms with van der Waals surface area (Å²) in [6.45, 7) is 2.29. The van der Waals surface area contributed by atoms with Crippen molar-refractivity contribution in [2.75, 3.05) is 7.11 Å². The zero-order valence-electron chi connectivity index (χ0n) is 21.5. The predicted molar refractivity (Wildman–Crippen MR) is 146 cm³/mol. The second kappa shape index (κ2) is 11.0. The quantitative estimate of drug-likeness (QED) is 0.236. The summed E-state index contributed by atoms with van der Waals surface area (Å²) in [5.41, 5.74) is 10.3. The van der Waals surface area contributed by atoms with Crippen molar-refractivity contribution in [3.05, 3.63) is 130 Å². The molecule has 4 aromatic rings. The number of esters is 1. The highest BCUT2D eigenvalue weighted by Gasteiger charge is 2.32. The van der Waals surface area contributed by atoms with Crippen molar-refractivity contribution in [3.8, 4) is 29.1 Å². The standard InChI is InChI=1S/C32H26N2O5/c1-20-7-6-10-23(15-20)32(35)38-24-12-13-25-28(17-24)39-31(34)26(18-33)30(25)22-11-14-27(29(16-22)36-2)37-19-21-8-4-3-5-9-21/h3-17,30H,19,34H2,1-2H3. The van der Waals surface area contributed by atoms with Crippen LogP contribution in [-0.4, -0.2) is 13.1 Å². The van der Waals surface area contributed by atoms with E-state index >= 15 is 0 Å². The summed E-state index contributed by atoms with van der Waals surface area (Å²) in [5, 5.41) is 9.94. The Morgan fingerprint density at radius 2 is 1.79 bits per heavy atom. The Bertz CT molecular complexity index is 1600. The van der Waals surface area contributed by atoms with Crippen LogP contribution < -0.4 is 24.7 Å². The van der Waals surface area contributed by atoms with E-state index in [0.717, 1.165) is 16.7 Å². The number of hydrogen-bond acceptors (Lipinski definition) is 7. The number of hydrogen-bond donors (Lipinski definition) is 1. The van der Waals surface area contributed by atoms with E-state index in [0.29, 0.717) is 40.7 Å². The van der Waals surface area contributed by atoms with Gasteiger partial charge >= 0.3 is 5.97 Å². The van der Waals surface area contributed by atoms with Gasteiger partial charge in [0.2, 0.25) is 5.88 Å². The molecule has 0 saturated heterocycles. The number of nitrogens with zero attached hydrogens (tertiary/aromatic N) is 1. The number of allylic oxidation sites excluding steroid dienone is 1. The van der Waals surface area contributed by atoms with Crippen LogP contribution >= 0.6 is 0 Å². The molecule has 194 valence electrons. The van der Waals surface area contributed by atoms with Crippen LogP contribution in [-0.2, 0) is 6.61 Å². The Kier molecular flexibility index (Phi) is 7.19. The summed E-state index contributed by atoms with van der Waals surface area (Å²) in [5.74, 6) is 0.784. The van der Waals surface area contributed by atoms with Gasteiger partial charge in [0.1, 0.15) is 29.7 Å². The molecule has 7 heteroatoms. The van der Waals surface area contributed by atoms with Crippen molar-refractivity contribution in [2.45, 2.75) is 19.4 Å². The molecule has 1 aliphatic rings. The van der Waals surface area contributed by atoms with Gasteiger partial charge in [-0.05, 0) is 48.4 Å². The minimum atomic E-state index is -0.516. The minimum Gasteiger partial charge on any atom is -0.493 e. The van der Waals surface area contributed by atoms with Gasteiger partial charge in [0, 0.05) is 11.6 Å². The number of benzene rings is 4. The lowest BCUT2D eigenvalue weighted by atomic mass is 9.83. The SMILES string of the molecule is COc1cc(C2C(C#N)=C(N)Oc3cc(OC(=O)c4cccc(C)c4)ccc32)ccc1OCc1ccccc1. The molecule has 0 aliphatic carbocycles. The lowest BCUT2D eigenvalue weighted by Gasteiger charge is -2.27. The number of aryl methyl sites for hydroxylation is 1. The van der Waals surface area contributed by atoms with Crippen molar-refractivity contribution < 1.29 is 23.7 Å². The monoisotopic (exact) mass is 518 g/mol.